The maximum atomic E-state index is 6.71. The van der Waals surface area contributed by atoms with Crippen LogP contribution < -0.4 is 11.5 Å². The van der Waals surface area contributed by atoms with Crippen molar-refractivity contribution in [2.75, 3.05) is 26.3 Å². The van der Waals surface area contributed by atoms with Gasteiger partial charge in [-0.1, -0.05) is 13.8 Å². The van der Waals surface area contributed by atoms with Crippen molar-refractivity contribution in [2.45, 2.75) is 83.3 Å². The molecule has 5 nitrogen and oxygen atoms in total. The first-order valence-corrected chi connectivity index (χ1v) is 13.2. The summed E-state index contributed by atoms with van der Waals surface area (Å²) in [6.07, 6.45) is 15.6. The number of nitrogens with two attached hydrogens (primary N) is 2. The molecule has 1 unspecified atom stereocenters. The Morgan fingerprint density at radius 2 is 1.78 bits per heavy atom. The summed E-state index contributed by atoms with van der Waals surface area (Å²) in [6.45, 7) is 7.68. The Morgan fingerprint density at radius 1 is 0.969 bits per heavy atom. The largest absolute Gasteiger partial charge is 0.472 e. The molecular weight excluding hydrogens is 400 g/mol. The predicted molar refractivity (Wildman–Crippen MR) is 126 cm³/mol. The van der Waals surface area contributed by atoms with E-state index in [2.05, 4.69) is 19.9 Å². The minimum Gasteiger partial charge on any atom is -0.472 e. The monoisotopic (exact) mass is 444 g/mol. The first-order valence-electron chi connectivity index (χ1n) is 13.2. The molecule has 0 radical (unpaired) electrons. The third kappa shape index (κ3) is 3.33. The Hall–Kier alpha value is -0.880. The number of furan rings is 1. The van der Waals surface area contributed by atoms with Gasteiger partial charge in [-0.2, -0.15) is 0 Å². The molecule has 0 aliphatic heterocycles. The molecule has 1 aromatic rings. The lowest BCUT2D eigenvalue weighted by atomic mass is 9.44. The third-order valence-corrected chi connectivity index (χ3v) is 10.7. The molecule has 0 saturated heterocycles. The Bertz CT molecular complexity index is 769. The molecule has 32 heavy (non-hydrogen) atoms. The van der Waals surface area contributed by atoms with Crippen LogP contribution in [0, 0.1) is 34.5 Å². The molecule has 4 N–H and O–H groups in total. The molecule has 0 spiro atoms. The smallest absolute Gasteiger partial charge is 0.102 e. The molecule has 0 bridgehead atoms. The topological polar surface area (TPSA) is 83.6 Å². The fourth-order valence-corrected chi connectivity index (χ4v) is 9.13. The average molecular weight is 445 g/mol. The molecule has 5 heteroatoms. The molecule has 180 valence electrons. The van der Waals surface area contributed by atoms with E-state index in [-0.39, 0.29) is 11.0 Å². The van der Waals surface area contributed by atoms with E-state index in [1.807, 2.05) is 12.5 Å². The molecule has 1 heterocycles. The predicted octanol–water partition coefficient (Wildman–Crippen LogP) is 4.84. The van der Waals surface area contributed by atoms with Crippen LogP contribution in [-0.2, 0) is 15.1 Å². The fraction of sp³-hybridized carbons (Fsp3) is 0.852. The van der Waals surface area contributed by atoms with Gasteiger partial charge in [0, 0.05) is 24.1 Å². The minimum absolute atomic E-state index is 0.151. The first kappa shape index (κ1) is 22.9. The Morgan fingerprint density at radius 3 is 2.53 bits per heavy atom. The number of fused-ring (bicyclic) bond motifs is 5. The van der Waals surface area contributed by atoms with E-state index in [0.717, 1.165) is 30.1 Å². The molecule has 4 aliphatic rings. The molecule has 0 amide bonds. The number of ether oxygens (including phenoxy) is 2. The van der Waals surface area contributed by atoms with Gasteiger partial charge in [0.2, 0.25) is 0 Å². The third-order valence-electron chi connectivity index (χ3n) is 10.7. The fourth-order valence-electron chi connectivity index (χ4n) is 9.13. The second-order valence-electron chi connectivity index (χ2n) is 11.7. The molecule has 1 aromatic heterocycles. The van der Waals surface area contributed by atoms with Crippen LogP contribution in [0.4, 0.5) is 0 Å². The zero-order valence-electron chi connectivity index (χ0n) is 20.2. The summed E-state index contributed by atoms with van der Waals surface area (Å²) in [4.78, 5) is 0. The van der Waals surface area contributed by atoms with Crippen molar-refractivity contribution in [3.63, 3.8) is 0 Å². The van der Waals surface area contributed by atoms with Crippen LogP contribution in [0.3, 0.4) is 0 Å². The molecule has 4 fully saturated rings. The highest BCUT2D eigenvalue weighted by atomic mass is 16.5. The van der Waals surface area contributed by atoms with E-state index in [0.29, 0.717) is 37.8 Å². The molecule has 5 rings (SSSR count). The highest BCUT2D eigenvalue weighted by Gasteiger charge is 2.66. The quantitative estimate of drug-likeness (QED) is 0.629. The Kier molecular flexibility index (Phi) is 6.24. The van der Waals surface area contributed by atoms with Crippen molar-refractivity contribution in [3.05, 3.63) is 24.2 Å². The van der Waals surface area contributed by atoms with Crippen LogP contribution in [0.2, 0.25) is 0 Å². The van der Waals surface area contributed by atoms with Crippen molar-refractivity contribution < 1.29 is 13.9 Å². The van der Waals surface area contributed by atoms with Crippen LogP contribution in [-0.4, -0.2) is 32.4 Å². The lowest BCUT2D eigenvalue weighted by molar-refractivity contribution is -0.182. The SMILES string of the molecule is C[C@]12CC[C@H](OCCN)CC1CC[C@@H]1[C@@H]2CC[C@@]2(C)[C@H]1CC[C@@]2(OCCN)c1ccoc1. The summed E-state index contributed by atoms with van der Waals surface area (Å²) in [5.41, 5.74) is 13.2. The molecule has 0 aromatic carbocycles. The zero-order chi connectivity index (χ0) is 22.4. The van der Waals surface area contributed by atoms with Gasteiger partial charge in [0.05, 0.1) is 31.8 Å². The molecule has 4 saturated carbocycles. The molecule has 8 atom stereocenters. The summed E-state index contributed by atoms with van der Waals surface area (Å²) < 4.78 is 18.4. The first-order chi connectivity index (χ1) is 15.5. The lowest BCUT2D eigenvalue weighted by Gasteiger charge is -2.62. The highest BCUT2D eigenvalue weighted by molar-refractivity contribution is 5.27. The van der Waals surface area contributed by atoms with Crippen LogP contribution in [0.25, 0.3) is 0 Å². The van der Waals surface area contributed by atoms with Gasteiger partial charge in [-0.05, 0) is 92.9 Å². The van der Waals surface area contributed by atoms with Crippen molar-refractivity contribution in [1.82, 2.24) is 0 Å². The van der Waals surface area contributed by atoms with E-state index in [4.69, 9.17) is 25.4 Å². The van der Waals surface area contributed by atoms with Crippen molar-refractivity contribution >= 4 is 0 Å². The van der Waals surface area contributed by atoms with Crippen LogP contribution in [0.5, 0.6) is 0 Å². The van der Waals surface area contributed by atoms with Crippen molar-refractivity contribution in [1.29, 1.82) is 0 Å². The summed E-state index contributed by atoms with van der Waals surface area (Å²) in [6, 6.07) is 2.14. The second-order valence-corrected chi connectivity index (χ2v) is 11.7. The summed E-state index contributed by atoms with van der Waals surface area (Å²) in [7, 11) is 0. The number of rotatable bonds is 7. The van der Waals surface area contributed by atoms with Gasteiger partial charge in [0.15, 0.2) is 0 Å². The van der Waals surface area contributed by atoms with E-state index < -0.39 is 0 Å². The van der Waals surface area contributed by atoms with Crippen molar-refractivity contribution in [3.8, 4) is 0 Å². The van der Waals surface area contributed by atoms with Crippen LogP contribution in [0.15, 0.2) is 23.0 Å². The van der Waals surface area contributed by atoms with Crippen LogP contribution >= 0.6 is 0 Å². The van der Waals surface area contributed by atoms with Gasteiger partial charge in [-0.15, -0.1) is 0 Å². The van der Waals surface area contributed by atoms with Gasteiger partial charge < -0.3 is 25.4 Å². The maximum Gasteiger partial charge on any atom is 0.102 e. The Balaban J connectivity index is 1.39. The van der Waals surface area contributed by atoms with E-state index in [1.165, 1.54) is 56.9 Å². The van der Waals surface area contributed by atoms with E-state index >= 15 is 0 Å². The highest BCUT2D eigenvalue weighted by Crippen LogP contribution is 2.71. The van der Waals surface area contributed by atoms with Gasteiger partial charge in [0.1, 0.15) is 5.60 Å². The minimum atomic E-state index is -0.250. The number of hydrogen-bond acceptors (Lipinski definition) is 5. The van der Waals surface area contributed by atoms with E-state index in [1.54, 1.807) is 0 Å². The maximum absolute atomic E-state index is 6.71. The standard InChI is InChI=1S/C27H44N2O3/c1-25-9-5-21(31-15-12-28)17-19(25)3-4-22-23(25)6-10-26(2)24(22)7-11-27(26,32-16-13-29)20-8-14-30-18-20/h8,14,18-19,21-24H,3-7,9-13,15-17,28-29H2,1-2H3/t19?,21-,22+,23-,24-,25-,26-,27+/m0/s1. The average Bonchev–Trinajstić information content (AvgIpc) is 3.43. The van der Waals surface area contributed by atoms with Gasteiger partial charge in [-0.25, -0.2) is 0 Å². The van der Waals surface area contributed by atoms with Gasteiger partial charge in [0.25, 0.3) is 0 Å². The molecular formula is C27H44N2O3. The second kappa shape index (κ2) is 8.72. The zero-order valence-corrected chi connectivity index (χ0v) is 20.2. The summed E-state index contributed by atoms with van der Waals surface area (Å²) in [5.74, 6) is 3.17. The summed E-state index contributed by atoms with van der Waals surface area (Å²) >= 11 is 0. The van der Waals surface area contributed by atoms with Gasteiger partial charge >= 0.3 is 0 Å². The lowest BCUT2D eigenvalue weighted by Crippen LogP contribution is -2.56. The summed E-state index contributed by atoms with van der Waals surface area (Å²) in [5, 5.41) is 0. The van der Waals surface area contributed by atoms with E-state index in [9.17, 15) is 0 Å². The normalized spacial score (nSPS) is 45.8. The van der Waals surface area contributed by atoms with Crippen molar-refractivity contribution in [2.24, 2.45) is 46.0 Å². The Labute approximate surface area is 194 Å². The number of hydrogen-bond donors (Lipinski definition) is 2. The van der Waals surface area contributed by atoms with Crippen LogP contribution in [0.1, 0.15) is 77.2 Å². The molecule has 4 aliphatic carbocycles. The van der Waals surface area contributed by atoms with Gasteiger partial charge in [-0.3, -0.25) is 0 Å².